The number of hydrogen-bond donors (Lipinski definition) is 2. The number of carbonyl (C=O) groups excluding carboxylic acids is 2. The van der Waals surface area contributed by atoms with Gasteiger partial charge in [-0.15, -0.1) is 0 Å². The second-order valence-electron chi connectivity index (χ2n) is 15.1. The monoisotopic (exact) mass is 950 g/mol. The van der Waals surface area contributed by atoms with Crippen LogP contribution in [0, 0.1) is 0 Å². The molecule has 3 aliphatic heterocycles. The van der Waals surface area contributed by atoms with Crippen LogP contribution in [0.1, 0.15) is 47.2 Å². The number of rotatable bonds is 7. The number of nitrogens with one attached hydrogen (secondary N) is 2. The molecule has 0 aromatic heterocycles. The fourth-order valence-electron chi connectivity index (χ4n) is 7.73. The van der Waals surface area contributed by atoms with Crippen molar-refractivity contribution in [2.24, 2.45) is 10.2 Å². The van der Waals surface area contributed by atoms with Crippen LogP contribution in [0.2, 0.25) is 10.0 Å². The third-order valence-electron chi connectivity index (χ3n) is 11.2. The predicted molar refractivity (Wildman–Crippen MR) is 250 cm³/mol. The first-order valence-electron chi connectivity index (χ1n) is 20.1. The summed E-state index contributed by atoms with van der Waals surface area (Å²) in [6.07, 6.45) is 1.04. The van der Waals surface area contributed by atoms with E-state index in [-0.39, 0.29) is 24.1 Å². The number of piperazine rings is 1. The number of urea groups is 2. The Labute approximate surface area is 381 Å². The van der Waals surface area contributed by atoms with E-state index in [1.54, 1.807) is 42.5 Å². The van der Waals surface area contributed by atoms with Gasteiger partial charge in [-0.05, 0) is 81.3 Å². The first-order valence-corrected chi connectivity index (χ1v) is 21.7. The van der Waals surface area contributed by atoms with Crippen molar-refractivity contribution in [3.8, 4) is 23.0 Å². The van der Waals surface area contributed by atoms with Gasteiger partial charge in [-0.25, -0.2) is 19.6 Å². The molecule has 330 valence electrons. The van der Waals surface area contributed by atoms with Crippen LogP contribution in [0.25, 0.3) is 0 Å². The van der Waals surface area contributed by atoms with Gasteiger partial charge in [0.1, 0.15) is 0 Å². The molecule has 4 amide bonds. The Hall–Kier alpha value is -5.22. The number of likely N-dealkylation sites (N-methyl/N-ethyl adjacent to an activating group) is 1. The molecule has 1 fully saturated rings. The van der Waals surface area contributed by atoms with Crippen molar-refractivity contribution in [2.75, 3.05) is 80.7 Å². The fourth-order valence-corrected chi connectivity index (χ4v) is 8.70. The number of amides is 4. The highest BCUT2D eigenvalue weighted by Crippen LogP contribution is 2.44. The molecule has 14 nitrogen and oxygen atoms in total. The Balaban J connectivity index is 0.000000211. The molecular weight excluding hydrogens is 899 g/mol. The van der Waals surface area contributed by atoms with Gasteiger partial charge in [-0.1, -0.05) is 63.4 Å². The molecule has 3 heterocycles. The molecule has 2 atom stereocenters. The topological polar surface area (TPSA) is 133 Å². The van der Waals surface area contributed by atoms with Crippen LogP contribution in [0.15, 0.2) is 75.3 Å². The minimum atomic E-state index is -0.287. The highest BCUT2D eigenvalue weighted by molar-refractivity contribution is 9.10. The maximum atomic E-state index is 12.7. The Bertz CT molecular complexity index is 2340. The molecule has 1 saturated heterocycles. The molecule has 62 heavy (non-hydrogen) atoms. The fraction of sp³-hybridized carbons (Fsp3) is 0.378. The molecule has 3 aliphatic rings. The lowest BCUT2D eigenvalue weighted by atomic mass is 9.93. The molecule has 0 bridgehead atoms. The van der Waals surface area contributed by atoms with Crippen molar-refractivity contribution in [2.45, 2.75) is 38.8 Å². The number of anilines is 1. The molecule has 4 aromatic rings. The van der Waals surface area contributed by atoms with Gasteiger partial charge in [-0.2, -0.15) is 10.2 Å². The lowest BCUT2D eigenvalue weighted by Gasteiger charge is -2.34. The zero-order valence-electron chi connectivity index (χ0n) is 36.4. The molecule has 0 spiro atoms. The predicted octanol–water partition coefficient (Wildman–Crippen LogP) is 7.91. The molecule has 17 heteroatoms. The van der Waals surface area contributed by atoms with Crippen molar-refractivity contribution in [1.29, 1.82) is 0 Å². The van der Waals surface area contributed by atoms with Gasteiger partial charge in [-0.3, -0.25) is 0 Å². The second-order valence-corrected chi connectivity index (χ2v) is 16.7. The van der Waals surface area contributed by atoms with Crippen LogP contribution in [-0.2, 0) is 12.8 Å². The van der Waals surface area contributed by atoms with E-state index in [4.69, 9.17) is 52.4 Å². The summed E-state index contributed by atoms with van der Waals surface area (Å²) in [5.41, 5.74) is 7.60. The van der Waals surface area contributed by atoms with Gasteiger partial charge in [0.15, 0.2) is 23.0 Å². The average molecular weight is 953 g/mol. The highest BCUT2D eigenvalue weighted by atomic mass is 79.9. The average Bonchev–Trinajstić information content (AvgIpc) is 3.53. The van der Waals surface area contributed by atoms with E-state index >= 15 is 0 Å². The summed E-state index contributed by atoms with van der Waals surface area (Å²) in [6, 6.07) is 18.9. The molecule has 0 saturated carbocycles. The van der Waals surface area contributed by atoms with Gasteiger partial charge < -0.3 is 39.4 Å². The van der Waals surface area contributed by atoms with Gasteiger partial charge in [0.2, 0.25) is 0 Å². The zero-order chi connectivity index (χ0) is 44.8. The quantitative estimate of drug-likeness (QED) is 0.191. The van der Waals surface area contributed by atoms with Crippen LogP contribution in [0.5, 0.6) is 23.0 Å². The standard InChI is InChI=1S/C25H32ClN5O3.C20H21BrClN3O3/c1-16-14-19-20(15-21(33-4)24(34-5)22(19)26)23(28-31(16)25(32)27-2)17-6-8-18(9-7-17)30-12-10-29(3)11-13-30;1-11-9-14-15(10-16(27-3)19(28-4)17(14)22)18(24-25(11)20(26)23-2)12-5-7-13(21)8-6-12/h6-9,15-16H,10-14H2,1-5H3,(H,27,32);5-8,10-11H,9H2,1-4H3,(H,23,26). The van der Waals surface area contributed by atoms with Crippen LogP contribution in [-0.4, -0.2) is 126 Å². The number of halogens is 3. The zero-order valence-corrected chi connectivity index (χ0v) is 39.5. The Morgan fingerprint density at radius 1 is 0.661 bits per heavy atom. The van der Waals surface area contributed by atoms with E-state index in [2.05, 4.69) is 67.7 Å². The van der Waals surface area contributed by atoms with Gasteiger partial charge >= 0.3 is 12.1 Å². The first-order chi connectivity index (χ1) is 29.8. The summed E-state index contributed by atoms with van der Waals surface area (Å²) in [4.78, 5) is 29.9. The number of benzene rings is 4. The maximum absolute atomic E-state index is 12.7. The Morgan fingerprint density at radius 3 is 1.44 bits per heavy atom. The van der Waals surface area contributed by atoms with Gasteiger partial charge in [0.05, 0.1) is 62.0 Å². The Morgan fingerprint density at radius 2 is 1.06 bits per heavy atom. The highest BCUT2D eigenvalue weighted by Gasteiger charge is 2.33. The van der Waals surface area contributed by atoms with Crippen LogP contribution in [0.3, 0.4) is 0 Å². The largest absolute Gasteiger partial charge is 0.493 e. The third kappa shape index (κ3) is 9.55. The van der Waals surface area contributed by atoms with Crippen molar-refractivity contribution < 1.29 is 28.5 Å². The summed E-state index contributed by atoms with van der Waals surface area (Å²) in [5, 5.41) is 18.8. The van der Waals surface area contributed by atoms with E-state index in [9.17, 15) is 9.59 Å². The second kappa shape index (κ2) is 20.3. The molecule has 7 rings (SSSR count). The van der Waals surface area contributed by atoms with Crippen molar-refractivity contribution >= 4 is 68.3 Å². The number of ether oxygens (including phenoxy) is 4. The van der Waals surface area contributed by atoms with E-state index in [1.807, 2.05) is 50.2 Å². The third-order valence-corrected chi connectivity index (χ3v) is 12.5. The summed E-state index contributed by atoms with van der Waals surface area (Å²) >= 11 is 17.0. The number of nitrogens with zero attached hydrogens (tertiary/aromatic N) is 6. The number of fused-ring (bicyclic) bond motifs is 2. The SMILES string of the molecule is CNC(=O)N1N=C(c2ccc(Br)cc2)c2cc(OC)c(OC)c(Cl)c2CC1C.CNC(=O)N1N=C(c2ccc(N3CCN(C)CC3)cc2)c2cc(OC)c(OC)c(Cl)c2CC1C. The minimum Gasteiger partial charge on any atom is -0.493 e. The molecular formula is C45H53BrCl2N8O6. The van der Waals surface area contributed by atoms with E-state index in [1.165, 1.54) is 15.7 Å². The van der Waals surface area contributed by atoms with Crippen molar-refractivity contribution in [3.05, 3.63) is 109 Å². The number of hydrazone groups is 2. The van der Waals surface area contributed by atoms with Crippen molar-refractivity contribution in [1.82, 2.24) is 25.6 Å². The summed E-state index contributed by atoms with van der Waals surface area (Å²) in [5.74, 6) is 1.98. The summed E-state index contributed by atoms with van der Waals surface area (Å²) in [7, 11) is 11.6. The van der Waals surface area contributed by atoms with Crippen LogP contribution >= 0.6 is 39.1 Å². The molecule has 0 aliphatic carbocycles. The van der Waals surface area contributed by atoms with E-state index < -0.39 is 0 Å². The lowest BCUT2D eigenvalue weighted by Crippen LogP contribution is -2.44. The van der Waals surface area contributed by atoms with Crippen LogP contribution in [0.4, 0.5) is 15.3 Å². The maximum Gasteiger partial charge on any atom is 0.337 e. The molecule has 4 aromatic carbocycles. The normalized spacial score (nSPS) is 17.5. The van der Waals surface area contributed by atoms with Gasteiger partial charge in [0, 0.05) is 72.7 Å². The number of carbonyl (C=O) groups is 2. The molecule has 2 unspecified atom stereocenters. The minimum absolute atomic E-state index is 0.206. The van der Waals surface area contributed by atoms with Crippen LogP contribution < -0.4 is 34.5 Å². The molecule has 2 N–H and O–H groups in total. The summed E-state index contributed by atoms with van der Waals surface area (Å²) in [6.45, 7) is 7.96. The number of methoxy groups -OCH3 is 4. The molecule has 0 radical (unpaired) electrons. The Kier molecular flexibility index (Phi) is 15.2. The first kappa shape index (κ1) is 46.3. The van der Waals surface area contributed by atoms with E-state index in [0.29, 0.717) is 57.3 Å². The lowest BCUT2D eigenvalue weighted by molar-refractivity contribution is 0.184. The number of hydrogen-bond acceptors (Lipinski definition) is 10. The van der Waals surface area contributed by atoms with Gasteiger partial charge in [0.25, 0.3) is 0 Å². The summed E-state index contributed by atoms with van der Waals surface area (Å²) < 4.78 is 23.0. The van der Waals surface area contributed by atoms with Crippen molar-refractivity contribution in [3.63, 3.8) is 0 Å². The smallest absolute Gasteiger partial charge is 0.337 e. The van der Waals surface area contributed by atoms with E-state index in [0.717, 1.165) is 64.0 Å².